The molecule has 1 saturated carbocycles. The minimum absolute atomic E-state index is 0.143. The zero-order valence-electron chi connectivity index (χ0n) is 12.2. The predicted molar refractivity (Wildman–Crippen MR) is 82.1 cm³/mol. The molecule has 2 aromatic heterocycles. The standard InChI is InChI=1S/C16H20N4O/c1-12-11-15(20(9-10-21)14-3-2-4-14)19-16(18-12)13-5-7-17-8-6-13/h5-8,11,14,21H,2-4,9-10H2,1H3. The molecular formula is C16H20N4O. The van der Waals surface area contributed by atoms with Crippen LogP contribution in [-0.4, -0.2) is 39.3 Å². The third-order valence-corrected chi connectivity index (χ3v) is 3.93. The van der Waals surface area contributed by atoms with Crippen LogP contribution in [0.4, 0.5) is 5.82 Å². The van der Waals surface area contributed by atoms with Crippen LogP contribution in [0, 0.1) is 6.92 Å². The first-order chi connectivity index (χ1) is 10.3. The van der Waals surface area contributed by atoms with Gasteiger partial charge in [-0.05, 0) is 38.3 Å². The fourth-order valence-electron chi connectivity index (χ4n) is 2.62. The molecule has 0 saturated heterocycles. The summed E-state index contributed by atoms with van der Waals surface area (Å²) in [7, 11) is 0. The van der Waals surface area contributed by atoms with Crippen LogP contribution in [0.1, 0.15) is 25.0 Å². The Hall–Kier alpha value is -2.01. The van der Waals surface area contributed by atoms with Crippen molar-refractivity contribution in [3.63, 3.8) is 0 Å². The fourth-order valence-corrected chi connectivity index (χ4v) is 2.62. The summed E-state index contributed by atoms with van der Waals surface area (Å²) in [5.41, 5.74) is 1.90. The van der Waals surface area contributed by atoms with Crippen molar-refractivity contribution in [3.05, 3.63) is 36.3 Å². The molecule has 0 aromatic carbocycles. The molecular weight excluding hydrogens is 264 g/mol. The van der Waals surface area contributed by atoms with Gasteiger partial charge in [0.1, 0.15) is 5.82 Å². The van der Waals surface area contributed by atoms with Crippen LogP contribution in [0.2, 0.25) is 0 Å². The van der Waals surface area contributed by atoms with Crippen LogP contribution >= 0.6 is 0 Å². The summed E-state index contributed by atoms with van der Waals surface area (Å²) in [6.07, 6.45) is 7.10. The van der Waals surface area contributed by atoms with Gasteiger partial charge >= 0.3 is 0 Å². The zero-order valence-corrected chi connectivity index (χ0v) is 12.2. The molecule has 0 bridgehead atoms. The van der Waals surface area contributed by atoms with Crippen LogP contribution in [0.15, 0.2) is 30.6 Å². The zero-order chi connectivity index (χ0) is 14.7. The molecule has 21 heavy (non-hydrogen) atoms. The summed E-state index contributed by atoms with van der Waals surface area (Å²) in [4.78, 5) is 15.5. The van der Waals surface area contributed by atoms with Crippen LogP contribution in [-0.2, 0) is 0 Å². The number of hydrogen-bond acceptors (Lipinski definition) is 5. The third-order valence-electron chi connectivity index (χ3n) is 3.93. The maximum absolute atomic E-state index is 9.33. The van der Waals surface area contributed by atoms with E-state index in [0.29, 0.717) is 12.6 Å². The number of hydrogen-bond donors (Lipinski definition) is 1. The van der Waals surface area contributed by atoms with Gasteiger partial charge in [0.2, 0.25) is 0 Å². The molecule has 5 heteroatoms. The van der Waals surface area contributed by atoms with Crippen LogP contribution in [0.5, 0.6) is 0 Å². The number of aliphatic hydroxyl groups excluding tert-OH is 1. The minimum atomic E-state index is 0.143. The van der Waals surface area contributed by atoms with Crippen molar-refractivity contribution in [2.75, 3.05) is 18.1 Å². The van der Waals surface area contributed by atoms with Gasteiger partial charge in [0.15, 0.2) is 5.82 Å². The highest BCUT2D eigenvalue weighted by molar-refractivity contribution is 5.57. The second-order valence-corrected chi connectivity index (χ2v) is 5.43. The Morgan fingerprint density at radius 1 is 1.24 bits per heavy atom. The molecule has 1 fully saturated rings. The quantitative estimate of drug-likeness (QED) is 0.912. The van der Waals surface area contributed by atoms with E-state index in [-0.39, 0.29) is 6.61 Å². The van der Waals surface area contributed by atoms with Crippen molar-refractivity contribution in [2.45, 2.75) is 32.2 Å². The Labute approximate surface area is 124 Å². The highest BCUT2D eigenvalue weighted by Crippen LogP contribution is 2.29. The van der Waals surface area contributed by atoms with Gasteiger partial charge < -0.3 is 10.0 Å². The Bertz CT molecular complexity index is 598. The Kier molecular flexibility index (Phi) is 4.10. The maximum atomic E-state index is 9.33. The molecule has 0 aliphatic heterocycles. The highest BCUT2D eigenvalue weighted by atomic mass is 16.3. The summed E-state index contributed by atoms with van der Waals surface area (Å²) in [5.74, 6) is 1.63. The van der Waals surface area contributed by atoms with E-state index in [1.165, 1.54) is 19.3 Å². The first kappa shape index (κ1) is 13.9. The summed E-state index contributed by atoms with van der Waals surface area (Å²) in [5, 5.41) is 9.33. The average molecular weight is 284 g/mol. The number of nitrogens with zero attached hydrogens (tertiary/aromatic N) is 4. The van der Waals surface area contributed by atoms with Crippen molar-refractivity contribution >= 4 is 5.82 Å². The lowest BCUT2D eigenvalue weighted by atomic mass is 9.91. The van der Waals surface area contributed by atoms with E-state index in [0.717, 1.165) is 22.9 Å². The van der Waals surface area contributed by atoms with Gasteiger partial charge in [-0.15, -0.1) is 0 Å². The van der Waals surface area contributed by atoms with Gasteiger partial charge in [-0.2, -0.15) is 0 Å². The van der Waals surface area contributed by atoms with Crippen LogP contribution < -0.4 is 4.90 Å². The lowest BCUT2D eigenvalue weighted by Crippen LogP contribution is -2.42. The molecule has 0 atom stereocenters. The first-order valence-electron chi connectivity index (χ1n) is 7.41. The van der Waals surface area contributed by atoms with Crippen LogP contribution in [0.3, 0.4) is 0 Å². The van der Waals surface area contributed by atoms with Gasteiger partial charge in [0.25, 0.3) is 0 Å². The number of rotatable bonds is 5. The molecule has 1 aliphatic carbocycles. The van der Waals surface area contributed by atoms with Gasteiger partial charge in [-0.1, -0.05) is 0 Å². The molecule has 2 aromatic rings. The van der Waals surface area contributed by atoms with Gasteiger partial charge in [-0.3, -0.25) is 4.98 Å². The topological polar surface area (TPSA) is 62.1 Å². The number of aromatic nitrogens is 3. The molecule has 2 heterocycles. The average Bonchev–Trinajstić information content (AvgIpc) is 2.45. The van der Waals surface area contributed by atoms with E-state index in [4.69, 9.17) is 4.98 Å². The maximum Gasteiger partial charge on any atom is 0.161 e. The molecule has 0 amide bonds. The van der Waals surface area contributed by atoms with Crippen molar-refractivity contribution < 1.29 is 5.11 Å². The predicted octanol–water partition coefficient (Wildman–Crippen LogP) is 2.20. The van der Waals surface area contributed by atoms with E-state index in [9.17, 15) is 5.11 Å². The lowest BCUT2D eigenvalue weighted by molar-refractivity contribution is 0.283. The highest BCUT2D eigenvalue weighted by Gasteiger charge is 2.26. The molecule has 1 N–H and O–H groups in total. The largest absolute Gasteiger partial charge is 0.395 e. The number of aryl methyl sites for hydroxylation is 1. The molecule has 5 nitrogen and oxygen atoms in total. The van der Waals surface area contributed by atoms with Crippen molar-refractivity contribution in [3.8, 4) is 11.4 Å². The van der Waals surface area contributed by atoms with E-state index in [1.807, 2.05) is 25.1 Å². The fraction of sp³-hybridized carbons (Fsp3) is 0.438. The molecule has 0 unspecified atom stereocenters. The molecule has 0 spiro atoms. The Balaban J connectivity index is 1.96. The summed E-state index contributed by atoms with van der Waals surface area (Å²) < 4.78 is 0. The molecule has 0 radical (unpaired) electrons. The van der Waals surface area contributed by atoms with E-state index < -0.39 is 0 Å². The second-order valence-electron chi connectivity index (χ2n) is 5.43. The van der Waals surface area contributed by atoms with E-state index in [2.05, 4.69) is 14.9 Å². The van der Waals surface area contributed by atoms with Crippen molar-refractivity contribution in [1.29, 1.82) is 0 Å². The summed E-state index contributed by atoms with van der Waals surface area (Å²) >= 11 is 0. The number of aliphatic hydroxyl groups is 1. The Morgan fingerprint density at radius 2 is 2.00 bits per heavy atom. The molecule has 1 aliphatic rings. The van der Waals surface area contributed by atoms with E-state index >= 15 is 0 Å². The smallest absolute Gasteiger partial charge is 0.161 e. The monoisotopic (exact) mass is 284 g/mol. The minimum Gasteiger partial charge on any atom is -0.395 e. The van der Waals surface area contributed by atoms with Crippen LogP contribution in [0.25, 0.3) is 11.4 Å². The third kappa shape index (κ3) is 3.03. The van der Waals surface area contributed by atoms with Crippen molar-refractivity contribution in [1.82, 2.24) is 15.0 Å². The Morgan fingerprint density at radius 3 is 2.62 bits per heavy atom. The van der Waals surface area contributed by atoms with Gasteiger partial charge in [-0.25, -0.2) is 9.97 Å². The lowest BCUT2D eigenvalue weighted by Gasteiger charge is -2.38. The summed E-state index contributed by atoms with van der Waals surface area (Å²) in [6, 6.07) is 6.33. The summed E-state index contributed by atoms with van der Waals surface area (Å²) in [6.45, 7) is 2.74. The number of anilines is 1. The number of pyridine rings is 1. The van der Waals surface area contributed by atoms with Gasteiger partial charge in [0.05, 0.1) is 6.61 Å². The van der Waals surface area contributed by atoms with Crippen molar-refractivity contribution in [2.24, 2.45) is 0 Å². The molecule has 3 rings (SSSR count). The first-order valence-corrected chi connectivity index (χ1v) is 7.41. The normalized spacial score (nSPS) is 14.8. The molecule has 110 valence electrons. The van der Waals surface area contributed by atoms with Gasteiger partial charge in [0, 0.05) is 42.3 Å². The SMILES string of the molecule is Cc1cc(N(CCO)C2CCC2)nc(-c2ccncc2)n1. The second kappa shape index (κ2) is 6.18. The van der Waals surface area contributed by atoms with E-state index in [1.54, 1.807) is 12.4 Å².